The molecule has 0 fully saturated rings. The summed E-state index contributed by atoms with van der Waals surface area (Å²) in [6.07, 6.45) is -6.40. The van der Waals surface area contributed by atoms with Crippen LogP contribution in [0.5, 0.6) is 0 Å². The van der Waals surface area contributed by atoms with Gasteiger partial charge in [0.2, 0.25) is 0 Å². The van der Waals surface area contributed by atoms with Gasteiger partial charge < -0.3 is 10.4 Å². The van der Waals surface area contributed by atoms with E-state index in [2.05, 4.69) is 11.9 Å². The van der Waals surface area contributed by atoms with Gasteiger partial charge in [-0.2, -0.15) is 13.2 Å². The van der Waals surface area contributed by atoms with Crippen LogP contribution in [0.2, 0.25) is 0 Å². The van der Waals surface area contributed by atoms with Gasteiger partial charge in [-0.15, -0.1) is 0 Å². The van der Waals surface area contributed by atoms with Gasteiger partial charge in [0.05, 0.1) is 6.04 Å². The lowest BCUT2D eigenvalue weighted by atomic mass is 10.1. The summed E-state index contributed by atoms with van der Waals surface area (Å²) in [7, 11) is 0. The first-order valence-electron chi connectivity index (χ1n) is 3.98. The van der Waals surface area contributed by atoms with Crippen molar-refractivity contribution in [3.05, 3.63) is 12.3 Å². The summed E-state index contributed by atoms with van der Waals surface area (Å²) in [4.78, 5) is 0. The van der Waals surface area contributed by atoms with Crippen LogP contribution in [-0.2, 0) is 0 Å². The van der Waals surface area contributed by atoms with Gasteiger partial charge in [0, 0.05) is 5.70 Å². The monoisotopic (exact) mass is 197 g/mol. The highest BCUT2D eigenvalue weighted by atomic mass is 19.4. The van der Waals surface area contributed by atoms with E-state index in [0.29, 0.717) is 12.1 Å². The third kappa shape index (κ3) is 4.17. The van der Waals surface area contributed by atoms with Crippen molar-refractivity contribution in [3.63, 3.8) is 0 Å². The molecule has 5 heteroatoms. The third-order valence-corrected chi connectivity index (χ3v) is 1.67. The summed E-state index contributed by atoms with van der Waals surface area (Å²) in [5.41, 5.74) is 0.482. The van der Waals surface area contributed by atoms with E-state index in [1.165, 1.54) is 6.92 Å². The predicted molar refractivity (Wildman–Crippen MR) is 44.1 cm³/mol. The van der Waals surface area contributed by atoms with Crippen molar-refractivity contribution >= 4 is 0 Å². The lowest BCUT2D eigenvalue weighted by molar-refractivity contribution is -0.210. The molecule has 0 aliphatic rings. The lowest BCUT2D eigenvalue weighted by Gasteiger charge is -2.23. The summed E-state index contributed by atoms with van der Waals surface area (Å²) in [6, 6.07) is -1.06. The number of alkyl halides is 3. The summed E-state index contributed by atoms with van der Waals surface area (Å²) in [5, 5.41) is 11.2. The Kier molecular flexibility index (Phi) is 4.26. The molecule has 2 atom stereocenters. The van der Waals surface area contributed by atoms with E-state index in [4.69, 9.17) is 5.11 Å². The van der Waals surface area contributed by atoms with Crippen LogP contribution in [0, 0.1) is 0 Å². The van der Waals surface area contributed by atoms with Gasteiger partial charge in [0.25, 0.3) is 0 Å². The van der Waals surface area contributed by atoms with Gasteiger partial charge in [-0.1, -0.05) is 13.5 Å². The van der Waals surface area contributed by atoms with Gasteiger partial charge in [-0.05, 0) is 13.3 Å². The zero-order chi connectivity index (χ0) is 10.6. The fraction of sp³-hybridized carbons (Fsp3) is 0.750. The number of rotatable bonds is 4. The summed E-state index contributed by atoms with van der Waals surface area (Å²) in [6.45, 7) is 6.52. The Morgan fingerprint density at radius 2 is 2.00 bits per heavy atom. The molecule has 0 aliphatic heterocycles. The second kappa shape index (κ2) is 4.50. The highest BCUT2D eigenvalue weighted by molar-refractivity contribution is 4.94. The molecular weight excluding hydrogens is 183 g/mol. The smallest absolute Gasteiger partial charge is 0.383 e. The average Bonchev–Trinajstić information content (AvgIpc) is 2.01. The van der Waals surface area contributed by atoms with Crippen molar-refractivity contribution < 1.29 is 18.3 Å². The van der Waals surface area contributed by atoms with Gasteiger partial charge >= 0.3 is 6.18 Å². The van der Waals surface area contributed by atoms with Crippen LogP contribution in [0.1, 0.15) is 20.3 Å². The first-order valence-corrected chi connectivity index (χ1v) is 3.98. The van der Waals surface area contributed by atoms with Gasteiger partial charge in [-0.3, -0.25) is 0 Å². The van der Waals surface area contributed by atoms with Crippen LogP contribution in [0.4, 0.5) is 13.2 Å². The molecule has 0 saturated carbocycles. The van der Waals surface area contributed by atoms with E-state index < -0.39 is 18.3 Å². The van der Waals surface area contributed by atoms with Crippen molar-refractivity contribution in [1.29, 1.82) is 0 Å². The van der Waals surface area contributed by atoms with Crippen molar-refractivity contribution in [2.75, 3.05) is 0 Å². The molecule has 0 rings (SSSR count). The molecule has 0 saturated heterocycles. The number of nitrogens with one attached hydrogen (secondary N) is 1. The molecule has 2 nitrogen and oxygen atoms in total. The molecule has 0 aromatic carbocycles. The second-order valence-corrected chi connectivity index (χ2v) is 2.88. The van der Waals surface area contributed by atoms with E-state index in [1.54, 1.807) is 6.92 Å². The standard InChI is InChI=1S/C8H14F3NO/c1-4-5(2)12-6(3)7(13)8(9,10)11/h6-7,12-13H,2,4H2,1,3H3. The number of halogens is 3. The summed E-state index contributed by atoms with van der Waals surface area (Å²) >= 11 is 0. The molecule has 0 bridgehead atoms. The number of hydrogen-bond acceptors (Lipinski definition) is 2. The topological polar surface area (TPSA) is 32.3 Å². The van der Waals surface area contributed by atoms with E-state index in [0.717, 1.165) is 0 Å². The molecule has 0 radical (unpaired) electrons. The van der Waals surface area contributed by atoms with Crippen molar-refractivity contribution in [2.45, 2.75) is 38.6 Å². The molecular formula is C8H14F3NO. The highest BCUT2D eigenvalue weighted by Crippen LogP contribution is 2.22. The first kappa shape index (κ1) is 12.3. The molecule has 0 spiro atoms. The van der Waals surface area contributed by atoms with E-state index in [-0.39, 0.29) is 0 Å². The quantitative estimate of drug-likeness (QED) is 0.720. The first-order chi connectivity index (χ1) is 5.79. The van der Waals surface area contributed by atoms with E-state index in [9.17, 15) is 13.2 Å². The SMILES string of the molecule is C=C(CC)NC(C)C(O)C(F)(F)F. The van der Waals surface area contributed by atoms with Crippen LogP contribution in [-0.4, -0.2) is 23.4 Å². The molecule has 0 aromatic rings. The highest BCUT2D eigenvalue weighted by Gasteiger charge is 2.41. The molecule has 0 amide bonds. The van der Waals surface area contributed by atoms with Crippen LogP contribution in [0.15, 0.2) is 12.3 Å². The van der Waals surface area contributed by atoms with E-state index >= 15 is 0 Å². The maximum absolute atomic E-state index is 11.9. The Balaban J connectivity index is 4.11. The number of allylic oxidation sites excluding steroid dienone is 1. The molecule has 0 aliphatic carbocycles. The normalized spacial score (nSPS) is 16.5. The van der Waals surface area contributed by atoms with Crippen LogP contribution >= 0.6 is 0 Å². The summed E-state index contributed by atoms with van der Waals surface area (Å²) < 4.78 is 35.8. The molecule has 2 unspecified atom stereocenters. The predicted octanol–water partition coefficient (Wildman–Crippen LogP) is 1.81. The van der Waals surface area contributed by atoms with Crippen molar-refractivity contribution in [2.24, 2.45) is 0 Å². The minimum atomic E-state index is -4.58. The maximum atomic E-state index is 11.9. The van der Waals surface area contributed by atoms with Crippen LogP contribution in [0.25, 0.3) is 0 Å². The lowest BCUT2D eigenvalue weighted by Crippen LogP contribution is -2.45. The summed E-state index contributed by atoms with van der Waals surface area (Å²) in [5.74, 6) is 0. The number of aliphatic hydroxyl groups is 1. The molecule has 2 N–H and O–H groups in total. The zero-order valence-electron chi connectivity index (χ0n) is 7.65. The van der Waals surface area contributed by atoms with Crippen molar-refractivity contribution in [1.82, 2.24) is 5.32 Å². The van der Waals surface area contributed by atoms with Crippen molar-refractivity contribution in [3.8, 4) is 0 Å². The molecule has 0 aromatic heterocycles. The fourth-order valence-electron chi connectivity index (χ4n) is 0.786. The second-order valence-electron chi connectivity index (χ2n) is 2.88. The van der Waals surface area contributed by atoms with Gasteiger partial charge in [0.1, 0.15) is 0 Å². The Morgan fingerprint density at radius 1 is 1.54 bits per heavy atom. The maximum Gasteiger partial charge on any atom is 0.416 e. The number of hydrogen-bond donors (Lipinski definition) is 2. The molecule has 78 valence electrons. The third-order valence-electron chi connectivity index (χ3n) is 1.67. The molecule has 0 heterocycles. The fourth-order valence-corrected chi connectivity index (χ4v) is 0.786. The van der Waals surface area contributed by atoms with Gasteiger partial charge in [-0.25, -0.2) is 0 Å². The Labute approximate surface area is 75.4 Å². The van der Waals surface area contributed by atoms with Crippen LogP contribution in [0.3, 0.4) is 0 Å². The largest absolute Gasteiger partial charge is 0.416 e. The Hall–Kier alpha value is -0.710. The minimum Gasteiger partial charge on any atom is -0.383 e. The minimum absolute atomic E-state index is 0.482. The van der Waals surface area contributed by atoms with Crippen LogP contribution < -0.4 is 5.32 Å². The van der Waals surface area contributed by atoms with Gasteiger partial charge in [0.15, 0.2) is 6.10 Å². The Bertz CT molecular complexity index is 179. The zero-order valence-corrected chi connectivity index (χ0v) is 7.65. The number of aliphatic hydroxyl groups excluding tert-OH is 1. The average molecular weight is 197 g/mol. The molecule has 13 heavy (non-hydrogen) atoms. The van der Waals surface area contributed by atoms with E-state index in [1.807, 2.05) is 0 Å². The Morgan fingerprint density at radius 3 is 2.31 bits per heavy atom.